The van der Waals surface area contributed by atoms with Crippen molar-refractivity contribution in [2.45, 2.75) is 25.9 Å². The van der Waals surface area contributed by atoms with Crippen LogP contribution in [0.25, 0.3) is 0 Å². The van der Waals surface area contributed by atoms with E-state index < -0.39 is 18.0 Å². The molecule has 0 spiro atoms. The van der Waals surface area contributed by atoms with Gasteiger partial charge >= 0.3 is 12.0 Å². The fourth-order valence-corrected chi connectivity index (χ4v) is 1.48. The van der Waals surface area contributed by atoms with Crippen LogP contribution >= 0.6 is 0 Å². The van der Waals surface area contributed by atoms with E-state index in [0.29, 0.717) is 6.54 Å². The number of aryl methyl sites for hydroxylation is 1. The molecule has 6 nitrogen and oxygen atoms in total. The Kier molecular flexibility index (Phi) is 5.81. The second-order valence-corrected chi connectivity index (χ2v) is 4.22. The van der Waals surface area contributed by atoms with Gasteiger partial charge in [0.15, 0.2) is 0 Å². The molecule has 1 rings (SSSR count). The SMILES string of the molecule is Cc1ccc(CNC(=O)N[C@@H](CCO)C(=O)O)cc1. The number of carbonyl (C=O) groups is 2. The topological polar surface area (TPSA) is 98.7 Å². The molecule has 0 saturated heterocycles. The average molecular weight is 266 g/mol. The number of benzene rings is 1. The first kappa shape index (κ1) is 15.0. The number of rotatable bonds is 6. The van der Waals surface area contributed by atoms with E-state index in [-0.39, 0.29) is 13.0 Å². The third-order valence-electron chi connectivity index (χ3n) is 2.59. The maximum Gasteiger partial charge on any atom is 0.326 e. The van der Waals surface area contributed by atoms with Crippen molar-refractivity contribution in [3.8, 4) is 0 Å². The van der Waals surface area contributed by atoms with Gasteiger partial charge in [-0.2, -0.15) is 0 Å². The third kappa shape index (κ3) is 5.39. The van der Waals surface area contributed by atoms with Gasteiger partial charge in [-0.05, 0) is 12.5 Å². The summed E-state index contributed by atoms with van der Waals surface area (Å²) < 4.78 is 0. The highest BCUT2D eigenvalue weighted by Gasteiger charge is 2.18. The van der Waals surface area contributed by atoms with Crippen LogP contribution in [0.4, 0.5) is 4.79 Å². The summed E-state index contributed by atoms with van der Waals surface area (Å²) >= 11 is 0. The van der Waals surface area contributed by atoms with Gasteiger partial charge in [0.05, 0.1) is 0 Å². The van der Waals surface area contributed by atoms with Gasteiger partial charge in [0.25, 0.3) is 0 Å². The molecule has 0 aliphatic heterocycles. The van der Waals surface area contributed by atoms with E-state index in [4.69, 9.17) is 10.2 Å². The van der Waals surface area contributed by atoms with Crippen LogP contribution in [0.2, 0.25) is 0 Å². The largest absolute Gasteiger partial charge is 0.480 e. The van der Waals surface area contributed by atoms with Crippen LogP contribution in [0, 0.1) is 6.92 Å². The lowest BCUT2D eigenvalue weighted by atomic mass is 10.1. The van der Waals surface area contributed by atoms with E-state index in [1.165, 1.54) is 0 Å². The fraction of sp³-hybridized carbons (Fsp3) is 0.385. The number of hydrogen-bond donors (Lipinski definition) is 4. The third-order valence-corrected chi connectivity index (χ3v) is 2.59. The van der Waals surface area contributed by atoms with Crippen LogP contribution in [-0.2, 0) is 11.3 Å². The summed E-state index contributed by atoms with van der Waals surface area (Å²) in [5.41, 5.74) is 2.05. The zero-order chi connectivity index (χ0) is 14.3. The summed E-state index contributed by atoms with van der Waals surface area (Å²) in [6.45, 7) is 1.99. The summed E-state index contributed by atoms with van der Waals surface area (Å²) in [5, 5.41) is 22.4. The van der Waals surface area contributed by atoms with Gasteiger partial charge in [-0.1, -0.05) is 29.8 Å². The van der Waals surface area contributed by atoms with Crippen molar-refractivity contribution in [1.29, 1.82) is 0 Å². The van der Waals surface area contributed by atoms with Gasteiger partial charge in [-0.25, -0.2) is 9.59 Å². The van der Waals surface area contributed by atoms with Crippen LogP contribution in [0.5, 0.6) is 0 Å². The van der Waals surface area contributed by atoms with E-state index in [0.717, 1.165) is 11.1 Å². The lowest BCUT2D eigenvalue weighted by molar-refractivity contribution is -0.139. The molecular weight excluding hydrogens is 248 g/mol. The number of carboxylic acid groups (broad SMARTS) is 1. The highest BCUT2D eigenvalue weighted by molar-refractivity contribution is 5.82. The monoisotopic (exact) mass is 266 g/mol. The maximum absolute atomic E-state index is 11.5. The molecular formula is C13H18N2O4. The first-order valence-corrected chi connectivity index (χ1v) is 5.96. The zero-order valence-corrected chi connectivity index (χ0v) is 10.7. The molecule has 1 aromatic carbocycles. The van der Waals surface area contributed by atoms with Crippen molar-refractivity contribution in [2.75, 3.05) is 6.61 Å². The van der Waals surface area contributed by atoms with Gasteiger partial charge in [0.2, 0.25) is 0 Å². The van der Waals surface area contributed by atoms with Gasteiger partial charge < -0.3 is 20.8 Å². The van der Waals surface area contributed by atoms with Crippen LogP contribution < -0.4 is 10.6 Å². The van der Waals surface area contributed by atoms with Crippen LogP contribution in [0.1, 0.15) is 17.5 Å². The summed E-state index contributed by atoms with van der Waals surface area (Å²) in [7, 11) is 0. The number of nitrogens with one attached hydrogen (secondary N) is 2. The summed E-state index contributed by atoms with van der Waals surface area (Å²) in [5.74, 6) is -1.17. The van der Waals surface area contributed by atoms with E-state index >= 15 is 0 Å². The molecule has 6 heteroatoms. The highest BCUT2D eigenvalue weighted by atomic mass is 16.4. The lowest BCUT2D eigenvalue weighted by Crippen LogP contribution is -2.46. The molecule has 1 atom stereocenters. The normalized spacial score (nSPS) is 11.7. The Morgan fingerprint density at radius 2 is 1.89 bits per heavy atom. The molecule has 0 bridgehead atoms. The molecule has 0 heterocycles. The van der Waals surface area contributed by atoms with Gasteiger partial charge in [0, 0.05) is 19.6 Å². The van der Waals surface area contributed by atoms with E-state index in [9.17, 15) is 9.59 Å². The Labute approximate surface area is 111 Å². The minimum absolute atomic E-state index is 0.0206. The predicted octanol–water partition coefficient (Wildman–Crippen LogP) is 0.630. The van der Waals surface area contributed by atoms with E-state index in [1.54, 1.807) is 0 Å². The number of hydrogen-bond acceptors (Lipinski definition) is 3. The van der Waals surface area contributed by atoms with E-state index in [1.807, 2.05) is 31.2 Å². The van der Waals surface area contributed by atoms with Gasteiger partial charge in [0.1, 0.15) is 6.04 Å². The van der Waals surface area contributed by atoms with Crippen LogP contribution in [-0.4, -0.2) is 34.9 Å². The van der Waals surface area contributed by atoms with Crippen molar-refractivity contribution < 1.29 is 19.8 Å². The van der Waals surface area contributed by atoms with Crippen molar-refractivity contribution in [3.63, 3.8) is 0 Å². The Morgan fingerprint density at radius 3 is 2.42 bits per heavy atom. The number of aliphatic hydroxyl groups excluding tert-OH is 1. The average Bonchev–Trinajstić information content (AvgIpc) is 2.37. The molecule has 4 N–H and O–H groups in total. The smallest absolute Gasteiger partial charge is 0.326 e. The Balaban J connectivity index is 2.42. The lowest BCUT2D eigenvalue weighted by Gasteiger charge is -2.14. The molecule has 0 aliphatic rings. The molecule has 0 fully saturated rings. The Morgan fingerprint density at radius 1 is 1.26 bits per heavy atom. The summed E-state index contributed by atoms with van der Waals surface area (Å²) in [6.07, 6.45) is -0.0206. The number of aliphatic hydroxyl groups is 1. The fourth-order valence-electron chi connectivity index (χ4n) is 1.48. The molecule has 19 heavy (non-hydrogen) atoms. The predicted molar refractivity (Wildman–Crippen MR) is 69.7 cm³/mol. The van der Waals surface area contributed by atoms with Crippen molar-refractivity contribution in [1.82, 2.24) is 10.6 Å². The maximum atomic E-state index is 11.5. The Hall–Kier alpha value is -2.08. The number of aliphatic carboxylic acids is 1. The summed E-state index contributed by atoms with van der Waals surface area (Å²) in [4.78, 5) is 22.3. The molecule has 0 unspecified atom stereocenters. The second-order valence-electron chi connectivity index (χ2n) is 4.22. The molecule has 2 amide bonds. The summed E-state index contributed by atoms with van der Waals surface area (Å²) in [6, 6.07) is 5.99. The van der Waals surface area contributed by atoms with Crippen molar-refractivity contribution in [2.24, 2.45) is 0 Å². The molecule has 0 aliphatic carbocycles. The number of amides is 2. The minimum atomic E-state index is -1.17. The van der Waals surface area contributed by atoms with E-state index in [2.05, 4.69) is 10.6 Å². The Bertz CT molecular complexity index is 431. The van der Waals surface area contributed by atoms with Crippen LogP contribution in [0.15, 0.2) is 24.3 Å². The van der Waals surface area contributed by atoms with Crippen molar-refractivity contribution >= 4 is 12.0 Å². The first-order valence-electron chi connectivity index (χ1n) is 5.96. The molecule has 1 aromatic rings. The molecule has 104 valence electrons. The standard InChI is InChI=1S/C13H18N2O4/c1-9-2-4-10(5-3-9)8-14-13(19)15-11(6-7-16)12(17)18/h2-5,11,16H,6-8H2,1H3,(H,17,18)(H2,14,15,19)/t11-/m0/s1. The van der Waals surface area contributed by atoms with Gasteiger partial charge in [-0.15, -0.1) is 0 Å². The quantitative estimate of drug-likeness (QED) is 0.607. The first-order chi connectivity index (χ1) is 9.02. The molecule has 0 aromatic heterocycles. The van der Waals surface area contributed by atoms with Crippen LogP contribution in [0.3, 0.4) is 0 Å². The second kappa shape index (κ2) is 7.38. The zero-order valence-electron chi connectivity index (χ0n) is 10.7. The highest BCUT2D eigenvalue weighted by Crippen LogP contribution is 2.02. The number of carboxylic acids is 1. The number of carbonyl (C=O) groups excluding carboxylic acids is 1. The molecule has 0 saturated carbocycles. The van der Waals surface area contributed by atoms with Crippen molar-refractivity contribution in [3.05, 3.63) is 35.4 Å². The minimum Gasteiger partial charge on any atom is -0.480 e. The molecule has 0 radical (unpaired) electrons. The number of urea groups is 1. The van der Waals surface area contributed by atoms with Gasteiger partial charge in [-0.3, -0.25) is 0 Å².